The molecular formula is C8H17NO. The summed E-state index contributed by atoms with van der Waals surface area (Å²) in [5, 5.41) is 2.66. The summed E-state index contributed by atoms with van der Waals surface area (Å²) in [6.45, 7) is 7.38. The lowest BCUT2D eigenvalue weighted by atomic mass is 9.87. The highest BCUT2D eigenvalue weighted by Crippen LogP contribution is 2.22. The van der Waals surface area contributed by atoms with Gasteiger partial charge in [-0.1, -0.05) is 27.2 Å². The minimum absolute atomic E-state index is 0.371. The molecule has 1 amide bonds. The second-order valence-electron chi connectivity index (χ2n) is 3.34. The number of hydrogen-bond acceptors (Lipinski definition) is 1. The molecule has 1 N–H and O–H groups in total. The third kappa shape index (κ3) is 4.36. The first-order valence-electron chi connectivity index (χ1n) is 3.79. The Morgan fingerprint density at radius 1 is 1.50 bits per heavy atom. The van der Waals surface area contributed by atoms with Crippen molar-refractivity contribution in [1.82, 2.24) is 5.32 Å². The summed E-state index contributed by atoms with van der Waals surface area (Å²) < 4.78 is 0. The lowest BCUT2D eigenvalue weighted by molar-refractivity contribution is -0.109. The highest BCUT2D eigenvalue weighted by molar-refractivity contribution is 5.45. The Balaban J connectivity index is 3.36. The summed E-state index contributed by atoms with van der Waals surface area (Å²) in [7, 11) is 0. The topological polar surface area (TPSA) is 29.1 Å². The van der Waals surface area contributed by atoms with Crippen LogP contribution in [0.25, 0.3) is 0 Å². The summed E-state index contributed by atoms with van der Waals surface area (Å²) in [5.74, 6) is 0. The molecule has 0 heterocycles. The lowest BCUT2D eigenvalue weighted by Gasteiger charge is -2.21. The smallest absolute Gasteiger partial charge is 0.207 e. The molecule has 0 atom stereocenters. The zero-order valence-electron chi connectivity index (χ0n) is 7.11. The predicted molar refractivity (Wildman–Crippen MR) is 42.8 cm³/mol. The number of amides is 1. The molecular weight excluding hydrogens is 126 g/mol. The van der Waals surface area contributed by atoms with E-state index in [0.717, 1.165) is 25.8 Å². The fourth-order valence-corrected chi connectivity index (χ4v) is 0.646. The molecule has 0 fully saturated rings. The first kappa shape index (κ1) is 9.47. The number of nitrogens with one attached hydrogen (secondary N) is 1. The maximum atomic E-state index is 9.87. The molecule has 0 aliphatic rings. The van der Waals surface area contributed by atoms with Gasteiger partial charge >= 0.3 is 0 Å². The van der Waals surface area contributed by atoms with E-state index in [1.807, 2.05) is 0 Å². The molecule has 2 heteroatoms. The van der Waals surface area contributed by atoms with E-state index in [-0.39, 0.29) is 0 Å². The average molecular weight is 143 g/mol. The Morgan fingerprint density at radius 3 is 2.50 bits per heavy atom. The Labute approximate surface area is 63.0 Å². The molecule has 0 bridgehead atoms. The number of carbonyl (C=O) groups is 1. The molecule has 0 rings (SSSR count). The van der Waals surface area contributed by atoms with Crippen LogP contribution >= 0.6 is 0 Å². The molecule has 0 saturated heterocycles. The van der Waals surface area contributed by atoms with Crippen LogP contribution in [0, 0.1) is 5.41 Å². The Kier molecular flexibility index (Phi) is 4.08. The predicted octanol–water partition coefficient (Wildman–Crippen LogP) is 1.56. The minimum atomic E-state index is 0.371. The van der Waals surface area contributed by atoms with Crippen molar-refractivity contribution >= 4 is 6.41 Å². The van der Waals surface area contributed by atoms with Crippen LogP contribution < -0.4 is 5.32 Å². The highest BCUT2D eigenvalue weighted by atomic mass is 16.1. The van der Waals surface area contributed by atoms with Gasteiger partial charge in [0.15, 0.2) is 0 Å². The molecule has 2 nitrogen and oxygen atoms in total. The van der Waals surface area contributed by atoms with Gasteiger partial charge in [0.25, 0.3) is 0 Å². The largest absolute Gasteiger partial charge is 0.359 e. The van der Waals surface area contributed by atoms with Gasteiger partial charge in [0, 0.05) is 6.54 Å². The SMILES string of the molecule is CCC(C)(C)CCNC=O. The molecule has 0 aliphatic heterocycles. The second kappa shape index (κ2) is 4.31. The summed E-state index contributed by atoms with van der Waals surface area (Å²) in [6, 6.07) is 0. The summed E-state index contributed by atoms with van der Waals surface area (Å²) in [4.78, 5) is 9.87. The van der Waals surface area contributed by atoms with Gasteiger partial charge in [-0.3, -0.25) is 4.79 Å². The van der Waals surface area contributed by atoms with Crippen LogP contribution in [0.15, 0.2) is 0 Å². The van der Waals surface area contributed by atoms with Crippen molar-refractivity contribution in [2.24, 2.45) is 5.41 Å². The van der Waals surface area contributed by atoms with Gasteiger partial charge in [-0.2, -0.15) is 0 Å². The molecule has 0 aliphatic carbocycles. The second-order valence-corrected chi connectivity index (χ2v) is 3.34. The molecule has 0 radical (unpaired) electrons. The third-order valence-electron chi connectivity index (χ3n) is 1.99. The van der Waals surface area contributed by atoms with Gasteiger partial charge in [-0.15, -0.1) is 0 Å². The van der Waals surface area contributed by atoms with Crippen molar-refractivity contribution < 1.29 is 4.79 Å². The average Bonchev–Trinajstić information content (AvgIpc) is 1.89. The van der Waals surface area contributed by atoms with Gasteiger partial charge in [-0.05, 0) is 11.8 Å². The van der Waals surface area contributed by atoms with Gasteiger partial charge in [-0.25, -0.2) is 0 Å². The molecule has 0 aromatic carbocycles. The lowest BCUT2D eigenvalue weighted by Crippen LogP contribution is -2.20. The van der Waals surface area contributed by atoms with E-state index in [1.54, 1.807) is 0 Å². The minimum Gasteiger partial charge on any atom is -0.359 e. The van der Waals surface area contributed by atoms with Crippen molar-refractivity contribution in [3.05, 3.63) is 0 Å². The summed E-state index contributed by atoms with van der Waals surface area (Å²) in [6.07, 6.45) is 2.97. The molecule has 60 valence electrons. The fraction of sp³-hybridized carbons (Fsp3) is 0.875. The summed E-state index contributed by atoms with van der Waals surface area (Å²) in [5.41, 5.74) is 0.371. The van der Waals surface area contributed by atoms with Crippen molar-refractivity contribution in [2.75, 3.05) is 6.54 Å². The molecule has 0 unspecified atom stereocenters. The number of hydrogen-bond donors (Lipinski definition) is 1. The van der Waals surface area contributed by atoms with Crippen LogP contribution in [-0.4, -0.2) is 13.0 Å². The van der Waals surface area contributed by atoms with Crippen molar-refractivity contribution in [3.8, 4) is 0 Å². The van der Waals surface area contributed by atoms with E-state index in [2.05, 4.69) is 26.1 Å². The molecule has 0 aromatic rings. The summed E-state index contributed by atoms with van der Waals surface area (Å²) >= 11 is 0. The third-order valence-corrected chi connectivity index (χ3v) is 1.99. The van der Waals surface area contributed by atoms with Crippen LogP contribution in [-0.2, 0) is 4.79 Å². The van der Waals surface area contributed by atoms with Crippen LogP contribution in [0.4, 0.5) is 0 Å². The monoisotopic (exact) mass is 143 g/mol. The van der Waals surface area contributed by atoms with Crippen LogP contribution in [0.3, 0.4) is 0 Å². The zero-order valence-corrected chi connectivity index (χ0v) is 7.11. The fourth-order valence-electron chi connectivity index (χ4n) is 0.646. The van der Waals surface area contributed by atoms with E-state index >= 15 is 0 Å². The first-order chi connectivity index (χ1) is 4.62. The van der Waals surface area contributed by atoms with E-state index in [0.29, 0.717) is 5.41 Å². The maximum absolute atomic E-state index is 9.87. The standard InChI is InChI=1S/C8H17NO/c1-4-8(2,3)5-6-9-7-10/h7H,4-6H2,1-3H3,(H,9,10). The number of carbonyl (C=O) groups excluding carboxylic acids is 1. The van der Waals surface area contributed by atoms with E-state index < -0.39 is 0 Å². The normalized spacial score (nSPS) is 11.1. The Bertz CT molecular complexity index is 99.4. The van der Waals surface area contributed by atoms with Gasteiger partial charge in [0.1, 0.15) is 0 Å². The van der Waals surface area contributed by atoms with Crippen molar-refractivity contribution in [2.45, 2.75) is 33.6 Å². The van der Waals surface area contributed by atoms with Crippen molar-refractivity contribution in [1.29, 1.82) is 0 Å². The first-order valence-corrected chi connectivity index (χ1v) is 3.79. The molecule has 0 aromatic heterocycles. The maximum Gasteiger partial charge on any atom is 0.207 e. The van der Waals surface area contributed by atoms with Crippen LogP contribution in [0.5, 0.6) is 0 Å². The Morgan fingerprint density at radius 2 is 2.10 bits per heavy atom. The molecule has 10 heavy (non-hydrogen) atoms. The quantitative estimate of drug-likeness (QED) is 0.459. The van der Waals surface area contributed by atoms with Crippen LogP contribution in [0.1, 0.15) is 33.6 Å². The van der Waals surface area contributed by atoms with E-state index in [9.17, 15) is 4.79 Å². The van der Waals surface area contributed by atoms with E-state index in [1.165, 1.54) is 0 Å². The van der Waals surface area contributed by atoms with Crippen molar-refractivity contribution in [3.63, 3.8) is 0 Å². The number of rotatable bonds is 5. The van der Waals surface area contributed by atoms with Gasteiger partial charge < -0.3 is 5.32 Å². The molecule has 0 saturated carbocycles. The zero-order chi connectivity index (χ0) is 8.04. The molecule has 0 spiro atoms. The highest BCUT2D eigenvalue weighted by Gasteiger charge is 2.13. The van der Waals surface area contributed by atoms with Gasteiger partial charge in [0.05, 0.1) is 0 Å². The van der Waals surface area contributed by atoms with E-state index in [4.69, 9.17) is 0 Å². The Hall–Kier alpha value is -0.530. The van der Waals surface area contributed by atoms with Crippen LogP contribution in [0.2, 0.25) is 0 Å². The van der Waals surface area contributed by atoms with Gasteiger partial charge in [0.2, 0.25) is 6.41 Å².